The van der Waals surface area contributed by atoms with Crippen LogP contribution in [0.2, 0.25) is 0 Å². The summed E-state index contributed by atoms with van der Waals surface area (Å²) in [5.41, 5.74) is -1.30. The Kier molecular flexibility index (Phi) is 12.7. The van der Waals surface area contributed by atoms with Crippen LogP contribution in [0.4, 0.5) is 9.59 Å². The molecular formula is C24H42N2O8. The molecule has 0 bridgehead atoms. The van der Waals surface area contributed by atoms with Crippen LogP contribution >= 0.6 is 0 Å². The van der Waals surface area contributed by atoms with Gasteiger partial charge in [-0.05, 0) is 53.4 Å². The van der Waals surface area contributed by atoms with Gasteiger partial charge in [-0.2, -0.15) is 0 Å². The Labute approximate surface area is 203 Å². The molecular weight excluding hydrogens is 444 g/mol. The van der Waals surface area contributed by atoms with Gasteiger partial charge < -0.3 is 29.6 Å². The summed E-state index contributed by atoms with van der Waals surface area (Å²) < 4.78 is 20.7. The van der Waals surface area contributed by atoms with E-state index in [0.29, 0.717) is 0 Å². The highest BCUT2D eigenvalue weighted by atomic mass is 16.6. The highest BCUT2D eigenvalue weighted by molar-refractivity contribution is 5.91. The Hall–Kier alpha value is -2.78. The summed E-state index contributed by atoms with van der Waals surface area (Å²) in [6, 6.07) is -0.935. The summed E-state index contributed by atoms with van der Waals surface area (Å²) in [6.45, 7) is 17.7. The molecule has 0 radical (unpaired) electrons. The van der Waals surface area contributed by atoms with Gasteiger partial charge >= 0.3 is 24.1 Å². The molecule has 2 amide bonds. The van der Waals surface area contributed by atoms with Gasteiger partial charge in [0.25, 0.3) is 0 Å². The molecule has 196 valence electrons. The Morgan fingerprint density at radius 2 is 0.941 bits per heavy atom. The van der Waals surface area contributed by atoms with E-state index in [0.717, 1.165) is 12.2 Å². The van der Waals surface area contributed by atoms with Crippen molar-refractivity contribution in [3.05, 3.63) is 12.2 Å². The highest BCUT2D eigenvalue weighted by Gasteiger charge is 2.24. The molecule has 0 heterocycles. The first-order chi connectivity index (χ1) is 15.4. The maximum atomic E-state index is 12.0. The second-order valence-corrected chi connectivity index (χ2v) is 10.6. The van der Waals surface area contributed by atoms with E-state index in [4.69, 9.17) is 18.9 Å². The summed E-state index contributed by atoms with van der Waals surface area (Å²) in [5.74, 6) is -1.58. The van der Waals surface area contributed by atoms with Gasteiger partial charge in [-0.1, -0.05) is 27.7 Å². The molecule has 0 aromatic heterocycles. The number of esters is 2. The molecule has 0 aliphatic heterocycles. The van der Waals surface area contributed by atoms with Crippen LogP contribution in [0.3, 0.4) is 0 Å². The number of rotatable bonds is 10. The smallest absolute Gasteiger partial charge is 0.407 e. The molecule has 2 atom stereocenters. The molecule has 0 aromatic rings. The molecule has 10 nitrogen and oxygen atoms in total. The largest absolute Gasteiger partial charge is 0.460 e. The fourth-order valence-corrected chi connectivity index (χ4v) is 2.30. The molecule has 34 heavy (non-hydrogen) atoms. The predicted molar refractivity (Wildman–Crippen MR) is 127 cm³/mol. The zero-order valence-corrected chi connectivity index (χ0v) is 22.1. The SMILES string of the molecule is CC(C)[C@@H](COC(=O)/C=C/C(=O)OC[C@@H](NC(=O)OC(C)(C)C)C(C)C)NC(=O)OC(C)(C)C. The zero-order chi connectivity index (χ0) is 26.7. The summed E-state index contributed by atoms with van der Waals surface area (Å²) >= 11 is 0. The molecule has 0 aliphatic carbocycles. The van der Waals surface area contributed by atoms with E-state index in [9.17, 15) is 19.2 Å². The van der Waals surface area contributed by atoms with E-state index in [1.165, 1.54) is 0 Å². The number of carbonyl (C=O) groups is 4. The van der Waals surface area contributed by atoms with Crippen molar-refractivity contribution in [2.75, 3.05) is 13.2 Å². The Bertz CT molecular complexity index is 657. The molecule has 10 heteroatoms. The molecule has 0 aliphatic rings. The Morgan fingerprint density at radius 1 is 0.647 bits per heavy atom. The minimum Gasteiger partial charge on any atom is -0.460 e. The molecule has 0 fully saturated rings. The van der Waals surface area contributed by atoms with Crippen LogP contribution in [-0.2, 0) is 28.5 Å². The van der Waals surface area contributed by atoms with Gasteiger partial charge in [-0.25, -0.2) is 19.2 Å². The highest BCUT2D eigenvalue weighted by Crippen LogP contribution is 2.10. The van der Waals surface area contributed by atoms with Crippen molar-refractivity contribution >= 4 is 24.1 Å². The maximum Gasteiger partial charge on any atom is 0.407 e. The van der Waals surface area contributed by atoms with Gasteiger partial charge in [-0.3, -0.25) is 0 Å². The third-order valence-electron chi connectivity index (χ3n) is 4.18. The number of nitrogens with one attached hydrogen (secondary N) is 2. The van der Waals surface area contributed by atoms with E-state index >= 15 is 0 Å². The van der Waals surface area contributed by atoms with E-state index in [1.807, 2.05) is 27.7 Å². The van der Waals surface area contributed by atoms with Crippen LogP contribution in [0.25, 0.3) is 0 Å². The van der Waals surface area contributed by atoms with Gasteiger partial charge in [0.2, 0.25) is 0 Å². The third kappa shape index (κ3) is 15.9. The average molecular weight is 487 g/mol. The van der Waals surface area contributed by atoms with Crippen molar-refractivity contribution in [2.45, 2.75) is 92.5 Å². The standard InChI is InChI=1S/C24H42N2O8/c1-15(2)17(25-21(29)33-23(5,6)7)13-31-19(27)11-12-20(28)32-14-18(16(3)4)26-22(30)34-24(8,9)10/h11-12,15-18H,13-14H2,1-10H3,(H,25,29)(H,26,30)/b12-11+/t17-,18-/m1/s1. The van der Waals surface area contributed by atoms with Crippen LogP contribution in [0.1, 0.15) is 69.2 Å². The van der Waals surface area contributed by atoms with Crippen LogP contribution in [0.5, 0.6) is 0 Å². The lowest BCUT2D eigenvalue weighted by Crippen LogP contribution is -2.44. The number of amides is 2. The normalized spacial score (nSPS) is 13.9. The minimum atomic E-state index is -0.763. The van der Waals surface area contributed by atoms with Crippen molar-refractivity contribution in [1.82, 2.24) is 10.6 Å². The molecule has 0 spiro atoms. The van der Waals surface area contributed by atoms with Gasteiger partial charge in [0.15, 0.2) is 0 Å². The second kappa shape index (κ2) is 13.8. The van der Waals surface area contributed by atoms with Gasteiger partial charge in [0, 0.05) is 12.2 Å². The number of carbonyl (C=O) groups excluding carboxylic acids is 4. The third-order valence-corrected chi connectivity index (χ3v) is 4.18. The number of hydrogen-bond donors (Lipinski definition) is 2. The lowest BCUT2D eigenvalue weighted by Gasteiger charge is -2.25. The van der Waals surface area contributed by atoms with E-state index in [1.54, 1.807) is 41.5 Å². The first-order valence-electron chi connectivity index (χ1n) is 11.4. The monoisotopic (exact) mass is 486 g/mol. The predicted octanol–water partition coefficient (Wildman–Crippen LogP) is 3.73. The van der Waals surface area contributed by atoms with Crippen molar-refractivity contribution in [1.29, 1.82) is 0 Å². The van der Waals surface area contributed by atoms with Crippen LogP contribution < -0.4 is 10.6 Å². The molecule has 0 saturated carbocycles. The van der Waals surface area contributed by atoms with Crippen LogP contribution in [-0.4, -0.2) is 60.6 Å². The summed E-state index contributed by atoms with van der Waals surface area (Å²) in [5, 5.41) is 5.33. The summed E-state index contributed by atoms with van der Waals surface area (Å²) in [4.78, 5) is 47.9. The van der Waals surface area contributed by atoms with Crippen molar-refractivity contribution < 1.29 is 38.1 Å². The number of ether oxygens (including phenoxy) is 4. The van der Waals surface area contributed by atoms with Crippen molar-refractivity contribution in [3.63, 3.8) is 0 Å². The minimum absolute atomic E-state index is 0.0281. The van der Waals surface area contributed by atoms with Crippen LogP contribution in [0, 0.1) is 11.8 Å². The Balaban J connectivity index is 4.64. The zero-order valence-electron chi connectivity index (χ0n) is 22.1. The van der Waals surface area contributed by atoms with Gasteiger partial charge in [-0.15, -0.1) is 0 Å². The topological polar surface area (TPSA) is 129 Å². The number of alkyl carbamates (subject to hydrolysis) is 2. The summed E-state index contributed by atoms with van der Waals surface area (Å²) in [6.07, 6.45) is 0.666. The van der Waals surface area contributed by atoms with Crippen molar-refractivity contribution in [3.8, 4) is 0 Å². The second-order valence-electron chi connectivity index (χ2n) is 10.6. The first-order valence-corrected chi connectivity index (χ1v) is 11.4. The number of hydrogen-bond acceptors (Lipinski definition) is 8. The fourth-order valence-electron chi connectivity index (χ4n) is 2.30. The van der Waals surface area contributed by atoms with E-state index < -0.39 is 47.4 Å². The van der Waals surface area contributed by atoms with E-state index in [2.05, 4.69) is 10.6 Å². The van der Waals surface area contributed by atoms with E-state index in [-0.39, 0.29) is 25.0 Å². The molecule has 0 rings (SSSR count). The Morgan fingerprint density at radius 3 is 1.18 bits per heavy atom. The van der Waals surface area contributed by atoms with Gasteiger partial charge in [0.1, 0.15) is 24.4 Å². The van der Waals surface area contributed by atoms with Crippen molar-refractivity contribution in [2.24, 2.45) is 11.8 Å². The first kappa shape index (κ1) is 31.2. The summed E-state index contributed by atoms with van der Waals surface area (Å²) in [7, 11) is 0. The quantitative estimate of drug-likeness (QED) is 0.271. The lowest BCUT2D eigenvalue weighted by atomic mass is 10.1. The fraction of sp³-hybridized carbons (Fsp3) is 0.750. The molecule has 2 N–H and O–H groups in total. The average Bonchev–Trinajstić information content (AvgIpc) is 2.63. The van der Waals surface area contributed by atoms with Crippen LogP contribution in [0.15, 0.2) is 12.2 Å². The van der Waals surface area contributed by atoms with Gasteiger partial charge in [0.05, 0.1) is 12.1 Å². The molecule has 0 aromatic carbocycles. The molecule has 0 saturated heterocycles. The lowest BCUT2D eigenvalue weighted by molar-refractivity contribution is -0.141. The molecule has 0 unspecified atom stereocenters. The maximum absolute atomic E-state index is 12.0.